The molecule has 3 aromatic heterocycles. The Bertz CT molecular complexity index is 2090. The van der Waals surface area contributed by atoms with Gasteiger partial charge in [0, 0.05) is 43.2 Å². The van der Waals surface area contributed by atoms with E-state index in [0.717, 1.165) is 12.0 Å². The van der Waals surface area contributed by atoms with Crippen molar-refractivity contribution in [2.24, 2.45) is 0 Å². The minimum Gasteiger partial charge on any atom is -0.370 e. The second-order valence-corrected chi connectivity index (χ2v) is 14.8. The summed E-state index contributed by atoms with van der Waals surface area (Å²) in [7, 11) is -3.18. The van der Waals surface area contributed by atoms with Gasteiger partial charge in [0.2, 0.25) is 0 Å². The first-order valence-electron chi connectivity index (χ1n) is 15.4. The first kappa shape index (κ1) is 30.0. The molecule has 0 radical (unpaired) electrons. The molecule has 2 aromatic carbocycles. The van der Waals surface area contributed by atoms with E-state index in [1.165, 1.54) is 17.9 Å². The third-order valence-electron chi connectivity index (χ3n) is 9.08. The maximum Gasteiger partial charge on any atom is 0.273 e. The maximum absolute atomic E-state index is 15.7. The lowest BCUT2D eigenvalue weighted by Crippen LogP contribution is -2.39. The van der Waals surface area contributed by atoms with Gasteiger partial charge in [0.1, 0.15) is 17.2 Å². The number of sulfone groups is 1. The summed E-state index contributed by atoms with van der Waals surface area (Å²) in [6.45, 7) is 7.39. The smallest absolute Gasteiger partial charge is 0.273 e. The van der Waals surface area contributed by atoms with Gasteiger partial charge in [-0.25, -0.2) is 22.3 Å². The van der Waals surface area contributed by atoms with Gasteiger partial charge in [0.05, 0.1) is 34.9 Å². The second-order valence-electron chi connectivity index (χ2n) is 12.4. The fraction of sp³-hybridized carbons (Fsp3) is 0.364. The molecule has 2 aliphatic heterocycles. The zero-order valence-electron chi connectivity index (χ0n) is 26.1. The highest BCUT2D eigenvalue weighted by Crippen LogP contribution is 2.33. The molecule has 11 nitrogen and oxygen atoms in total. The van der Waals surface area contributed by atoms with E-state index >= 15 is 4.39 Å². The number of carbonyl (C=O) groups excluding carboxylic acids is 1. The number of amides is 1. The molecular weight excluding hydrogens is 607 g/mol. The molecule has 0 aliphatic carbocycles. The number of halogens is 1. The van der Waals surface area contributed by atoms with Crippen molar-refractivity contribution in [1.29, 1.82) is 0 Å². The standard InChI is InChI=1S/C33H35FN8O3S/c1-20(2)42-35-18-30(38-42)31-16-29(33(43)40-14-11-22-7-5-6-8-25(22)21(40)3)36-32-17-28(37-41(31)32)26-10-9-23(15-27(26)34)39-13-12-24(19-39)46(4,44)45/h5-10,15-18,20-21,24H,11-14,19H2,1-4H3/t21-,24+/m1/s1. The van der Waals surface area contributed by atoms with Crippen LogP contribution >= 0.6 is 0 Å². The Labute approximate surface area is 266 Å². The molecule has 13 heteroatoms. The molecule has 1 fully saturated rings. The molecule has 0 saturated carbocycles. The molecular formula is C33H35FN8O3S. The summed E-state index contributed by atoms with van der Waals surface area (Å²) in [5.74, 6) is -0.702. The molecule has 5 aromatic rings. The minimum atomic E-state index is -3.18. The van der Waals surface area contributed by atoms with Crippen molar-refractivity contribution in [2.75, 3.05) is 30.8 Å². The maximum atomic E-state index is 15.7. The van der Waals surface area contributed by atoms with Gasteiger partial charge in [-0.3, -0.25) is 4.79 Å². The summed E-state index contributed by atoms with van der Waals surface area (Å²) in [6, 6.07) is 16.2. The molecule has 2 atom stereocenters. The van der Waals surface area contributed by atoms with Crippen LogP contribution in [0.2, 0.25) is 0 Å². The van der Waals surface area contributed by atoms with E-state index in [2.05, 4.69) is 22.3 Å². The fourth-order valence-electron chi connectivity index (χ4n) is 6.46. The highest BCUT2D eigenvalue weighted by Gasteiger charge is 2.32. The fourth-order valence-corrected chi connectivity index (χ4v) is 7.44. The molecule has 5 heterocycles. The van der Waals surface area contributed by atoms with Crippen LogP contribution in [0, 0.1) is 5.82 Å². The molecule has 0 spiro atoms. The van der Waals surface area contributed by atoms with Gasteiger partial charge in [0.25, 0.3) is 5.91 Å². The Morgan fingerprint density at radius 2 is 1.83 bits per heavy atom. The average molecular weight is 643 g/mol. The molecule has 2 aliphatic rings. The third kappa shape index (κ3) is 5.31. The van der Waals surface area contributed by atoms with Crippen LogP contribution in [0.3, 0.4) is 0 Å². The Morgan fingerprint density at radius 1 is 1.02 bits per heavy atom. The lowest BCUT2D eigenvalue weighted by atomic mass is 9.93. The second kappa shape index (κ2) is 11.3. The zero-order valence-corrected chi connectivity index (χ0v) is 26.9. The van der Waals surface area contributed by atoms with Crippen LogP contribution in [0.5, 0.6) is 0 Å². The summed E-state index contributed by atoms with van der Waals surface area (Å²) in [5, 5.41) is 13.3. The van der Waals surface area contributed by atoms with Crippen LogP contribution in [-0.2, 0) is 16.3 Å². The van der Waals surface area contributed by atoms with Gasteiger partial charge >= 0.3 is 0 Å². The largest absolute Gasteiger partial charge is 0.370 e. The highest BCUT2D eigenvalue weighted by molar-refractivity contribution is 7.91. The molecule has 1 amide bonds. The molecule has 0 bridgehead atoms. The van der Waals surface area contributed by atoms with Crippen LogP contribution in [0.15, 0.2) is 60.8 Å². The number of hydrogen-bond donors (Lipinski definition) is 0. The lowest BCUT2D eigenvalue weighted by molar-refractivity contribution is 0.0672. The normalized spacial score (nSPS) is 18.5. The van der Waals surface area contributed by atoms with Crippen molar-refractivity contribution in [3.63, 3.8) is 0 Å². The van der Waals surface area contributed by atoms with E-state index in [0.29, 0.717) is 54.5 Å². The Balaban J connectivity index is 1.27. The molecule has 0 N–H and O–H groups in total. The van der Waals surface area contributed by atoms with Gasteiger partial charge in [-0.05, 0) is 69.0 Å². The monoisotopic (exact) mass is 642 g/mol. The number of rotatable bonds is 6. The van der Waals surface area contributed by atoms with Gasteiger partial charge in [0.15, 0.2) is 15.5 Å². The first-order chi connectivity index (χ1) is 22.0. The predicted octanol–water partition coefficient (Wildman–Crippen LogP) is 4.76. The Hall–Kier alpha value is -4.65. The number of nitrogens with zero attached hydrogens (tertiary/aromatic N) is 8. The molecule has 46 heavy (non-hydrogen) atoms. The highest BCUT2D eigenvalue weighted by atomic mass is 32.2. The minimum absolute atomic E-state index is 0.0190. The molecule has 0 unspecified atom stereocenters. The summed E-state index contributed by atoms with van der Waals surface area (Å²) in [6.07, 6.45) is 4.13. The van der Waals surface area contributed by atoms with Gasteiger partial charge in [-0.15, -0.1) is 0 Å². The van der Waals surface area contributed by atoms with Crippen molar-refractivity contribution >= 4 is 27.1 Å². The van der Waals surface area contributed by atoms with Crippen LogP contribution < -0.4 is 4.90 Å². The van der Waals surface area contributed by atoms with E-state index < -0.39 is 20.9 Å². The molecule has 238 valence electrons. The van der Waals surface area contributed by atoms with E-state index in [1.54, 1.807) is 39.8 Å². The van der Waals surface area contributed by atoms with Gasteiger partial charge in [-0.2, -0.15) is 20.1 Å². The van der Waals surface area contributed by atoms with Crippen molar-refractivity contribution in [3.8, 4) is 22.6 Å². The summed E-state index contributed by atoms with van der Waals surface area (Å²) in [5.41, 5.74) is 5.21. The van der Waals surface area contributed by atoms with Crippen molar-refractivity contribution < 1.29 is 17.6 Å². The Kier molecular flexibility index (Phi) is 7.38. The van der Waals surface area contributed by atoms with E-state index in [-0.39, 0.29) is 29.2 Å². The van der Waals surface area contributed by atoms with Crippen LogP contribution in [0.4, 0.5) is 10.1 Å². The van der Waals surface area contributed by atoms with Crippen molar-refractivity contribution in [3.05, 3.63) is 83.4 Å². The number of anilines is 1. The zero-order chi connectivity index (χ0) is 32.3. The SMILES string of the molecule is CC(C)n1ncc(-c2cc(C(=O)N3CCc4ccccc4[C@H]3C)nc3cc(-c4ccc(N5CC[C@H](S(C)(=O)=O)C5)cc4F)nn23)n1. The van der Waals surface area contributed by atoms with Gasteiger partial charge < -0.3 is 9.80 Å². The number of hydrogen-bond acceptors (Lipinski definition) is 8. The van der Waals surface area contributed by atoms with Gasteiger partial charge in [-0.1, -0.05) is 24.3 Å². The predicted molar refractivity (Wildman–Crippen MR) is 173 cm³/mol. The summed E-state index contributed by atoms with van der Waals surface area (Å²) >= 11 is 0. The summed E-state index contributed by atoms with van der Waals surface area (Å²) in [4.78, 5) is 24.1. The topological polar surface area (TPSA) is 119 Å². The average Bonchev–Trinajstić information content (AvgIpc) is 3.80. The molecule has 1 saturated heterocycles. The van der Waals surface area contributed by atoms with Crippen LogP contribution in [0.1, 0.15) is 60.9 Å². The third-order valence-corrected chi connectivity index (χ3v) is 10.7. The number of carbonyl (C=O) groups is 1. The van der Waals surface area contributed by atoms with Crippen molar-refractivity contribution in [1.82, 2.24) is 34.5 Å². The van der Waals surface area contributed by atoms with Crippen LogP contribution in [0.25, 0.3) is 28.3 Å². The number of aromatic nitrogens is 6. The van der Waals surface area contributed by atoms with Crippen LogP contribution in [-0.4, -0.2) is 80.0 Å². The first-order valence-corrected chi connectivity index (χ1v) is 17.4. The quantitative estimate of drug-likeness (QED) is 0.260. The van der Waals surface area contributed by atoms with Crippen molar-refractivity contribution in [2.45, 2.75) is 50.9 Å². The molecule has 7 rings (SSSR count). The van der Waals surface area contributed by atoms with E-state index in [9.17, 15) is 13.2 Å². The summed E-state index contributed by atoms with van der Waals surface area (Å²) < 4.78 is 41.3. The van der Waals surface area contributed by atoms with E-state index in [4.69, 9.17) is 10.1 Å². The Morgan fingerprint density at radius 3 is 2.54 bits per heavy atom. The lowest BCUT2D eigenvalue weighted by Gasteiger charge is -2.35. The van der Waals surface area contributed by atoms with E-state index in [1.807, 2.05) is 42.7 Å². The number of benzene rings is 2. The number of fused-ring (bicyclic) bond motifs is 2.